The Morgan fingerprint density at radius 2 is 1.89 bits per heavy atom. The average Bonchev–Trinajstić information content (AvgIpc) is 2.39. The maximum Gasteiger partial charge on any atom is 0.331 e. The number of nitrogens with two attached hydrogens (primary N) is 1. The van der Waals surface area contributed by atoms with Crippen molar-refractivity contribution in [3.63, 3.8) is 0 Å². The van der Waals surface area contributed by atoms with Gasteiger partial charge in [-0.3, -0.25) is 18.9 Å². The molecule has 18 heavy (non-hydrogen) atoms. The first-order chi connectivity index (χ1) is 8.72. The van der Waals surface area contributed by atoms with Crippen LogP contribution in [0, 0.1) is 0 Å². The molecule has 6 nitrogen and oxygen atoms in total. The standard InChI is InChI=1S/C12H14N4O2/c13-4-8-16-11(17)3-7-15(12(16)18)9-10-1-5-14-6-2-10/h1-3,5-7H,4,8-9,13H2. The largest absolute Gasteiger partial charge is 0.331 e. The third kappa shape index (κ3) is 2.54. The van der Waals surface area contributed by atoms with E-state index in [0.29, 0.717) is 6.54 Å². The Bertz CT molecular complexity index is 631. The van der Waals surface area contributed by atoms with Crippen LogP contribution in [0.1, 0.15) is 5.56 Å². The monoisotopic (exact) mass is 246 g/mol. The van der Waals surface area contributed by atoms with Gasteiger partial charge in [0.2, 0.25) is 0 Å². The molecule has 0 aliphatic carbocycles. The predicted octanol–water partition coefficient (Wildman–Crippen LogP) is -0.588. The molecule has 0 radical (unpaired) electrons. The minimum absolute atomic E-state index is 0.231. The van der Waals surface area contributed by atoms with Crippen LogP contribution in [-0.4, -0.2) is 20.7 Å². The van der Waals surface area contributed by atoms with E-state index in [4.69, 9.17) is 5.73 Å². The quantitative estimate of drug-likeness (QED) is 0.781. The zero-order valence-corrected chi connectivity index (χ0v) is 9.82. The molecular formula is C12H14N4O2. The van der Waals surface area contributed by atoms with E-state index in [1.807, 2.05) is 12.1 Å². The molecule has 0 atom stereocenters. The summed E-state index contributed by atoms with van der Waals surface area (Å²) >= 11 is 0. The van der Waals surface area contributed by atoms with Crippen molar-refractivity contribution in [3.05, 3.63) is 63.2 Å². The molecular weight excluding hydrogens is 232 g/mol. The summed E-state index contributed by atoms with van der Waals surface area (Å²) in [4.78, 5) is 27.5. The minimum atomic E-state index is -0.343. The molecule has 0 amide bonds. The molecule has 0 saturated heterocycles. The smallest absolute Gasteiger partial charge is 0.329 e. The van der Waals surface area contributed by atoms with Crippen molar-refractivity contribution in [2.24, 2.45) is 5.73 Å². The molecule has 0 spiro atoms. The average molecular weight is 246 g/mol. The Hall–Kier alpha value is -2.21. The fourth-order valence-electron chi connectivity index (χ4n) is 1.70. The second-order valence-electron chi connectivity index (χ2n) is 3.86. The van der Waals surface area contributed by atoms with E-state index >= 15 is 0 Å². The van der Waals surface area contributed by atoms with Crippen LogP contribution in [0.5, 0.6) is 0 Å². The molecule has 0 aliphatic rings. The van der Waals surface area contributed by atoms with Crippen LogP contribution in [0.15, 0.2) is 46.4 Å². The summed E-state index contributed by atoms with van der Waals surface area (Å²) in [6, 6.07) is 5.02. The number of hydrogen-bond acceptors (Lipinski definition) is 4. The second-order valence-corrected chi connectivity index (χ2v) is 3.86. The molecule has 2 aromatic rings. The topological polar surface area (TPSA) is 82.9 Å². The molecule has 0 bridgehead atoms. The summed E-state index contributed by atoms with van der Waals surface area (Å²) in [7, 11) is 0. The van der Waals surface area contributed by atoms with Gasteiger partial charge < -0.3 is 5.73 Å². The first-order valence-corrected chi connectivity index (χ1v) is 5.61. The minimum Gasteiger partial charge on any atom is -0.329 e. The van der Waals surface area contributed by atoms with Crippen molar-refractivity contribution in [2.75, 3.05) is 6.54 Å². The van der Waals surface area contributed by atoms with E-state index in [2.05, 4.69) is 4.98 Å². The van der Waals surface area contributed by atoms with Gasteiger partial charge in [-0.15, -0.1) is 0 Å². The fourth-order valence-corrected chi connectivity index (χ4v) is 1.70. The molecule has 0 unspecified atom stereocenters. The third-order valence-electron chi connectivity index (χ3n) is 2.59. The van der Waals surface area contributed by atoms with Crippen molar-refractivity contribution in [2.45, 2.75) is 13.1 Å². The zero-order chi connectivity index (χ0) is 13.0. The zero-order valence-electron chi connectivity index (χ0n) is 9.82. The maximum atomic E-state index is 12.0. The Kier molecular flexibility index (Phi) is 3.69. The van der Waals surface area contributed by atoms with Crippen molar-refractivity contribution in [1.29, 1.82) is 0 Å². The van der Waals surface area contributed by atoms with Crippen molar-refractivity contribution in [3.8, 4) is 0 Å². The van der Waals surface area contributed by atoms with Gasteiger partial charge in [-0.25, -0.2) is 4.79 Å². The van der Waals surface area contributed by atoms with Gasteiger partial charge in [-0.2, -0.15) is 0 Å². The number of hydrogen-bond donors (Lipinski definition) is 1. The number of nitrogens with zero attached hydrogens (tertiary/aromatic N) is 3. The fraction of sp³-hybridized carbons (Fsp3) is 0.250. The maximum absolute atomic E-state index is 12.0. The molecule has 0 aliphatic heterocycles. The Balaban J connectivity index is 2.38. The lowest BCUT2D eigenvalue weighted by molar-refractivity contribution is 0.579. The van der Waals surface area contributed by atoms with Gasteiger partial charge in [0.1, 0.15) is 0 Å². The summed E-state index contributed by atoms with van der Waals surface area (Å²) < 4.78 is 2.62. The first kappa shape index (κ1) is 12.3. The lowest BCUT2D eigenvalue weighted by Crippen LogP contribution is -2.40. The van der Waals surface area contributed by atoms with Gasteiger partial charge in [-0.05, 0) is 17.7 Å². The Morgan fingerprint density at radius 1 is 1.17 bits per heavy atom. The highest BCUT2D eigenvalue weighted by Gasteiger charge is 2.04. The molecule has 0 saturated carbocycles. The molecule has 6 heteroatoms. The Labute approximate surface area is 103 Å². The van der Waals surface area contributed by atoms with E-state index in [1.165, 1.54) is 16.8 Å². The predicted molar refractivity (Wildman–Crippen MR) is 67.4 cm³/mol. The van der Waals surface area contributed by atoms with Crippen molar-refractivity contribution in [1.82, 2.24) is 14.1 Å². The summed E-state index contributed by atoms with van der Waals surface area (Å²) in [5.41, 5.74) is 5.67. The van der Waals surface area contributed by atoms with E-state index < -0.39 is 0 Å². The number of pyridine rings is 1. The highest BCUT2D eigenvalue weighted by Crippen LogP contribution is 1.97. The van der Waals surface area contributed by atoms with E-state index in [0.717, 1.165) is 10.1 Å². The summed E-state index contributed by atoms with van der Waals surface area (Å²) in [6.07, 6.45) is 4.82. The first-order valence-electron chi connectivity index (χ1n) is 5.61. The second kappa shape index (κ2) is 5.42. The van der Waals surface area contributed by atoms with E-state index in [-0.39, 0.29) is 24.3 Å². The molecule has 2 heterocycles. The van der Waals surface area contributed by atoms with E-state index in [1.54, 1.807) is 12.4 Å². The summed E-state index contributed by atoms with van der Waals surface area (Å²) in [5, 5.41) is 0. The van der Waals surface area contributed by atoms with Gasteiger partial charge in [0.15, 0.2) is 0 Å². The molecule has 94 valence electrons. The van der Waals surface area contributed by atoms with Crippen LogP contribution in [0.2, 0.25) is 0 Å². The normalized spacial score (nSPS) is 10.5. The van der Waals surface area contributed by atoms with Crippen molar-refractivity contribution < 1.29 is 0 Å². The highest BCUT2D eigenvalue weighted by atomic mass is 16.2. The lowest BCUT2D eigenvalue weighted by Gasteiger charge is -2.08. The van der Waals surface area contributed by atoms with Crippen LogP contribution >= 0.6 is 0 Å². The summed E-state index contributed by atoms with van der Waals surface area (Å²) in [5.74, 6) is 0. The van der Waals surface area contributed by atoms with Crippen molar-refractivity contribution >= 4 is 0 Å². The highest BCUT2D eigenvalue weighted by molar-refractivity contribution is 5.10. The van der Waals surface area contributed by atoms with Crippen LogP contribution in [0.25, 0.3) is 0 Å². The van der Waals surface area contributed by atoms with Crippen LogP contribution in [-0.2, 0) is 13.1 Å². The SMILES string of the molecule is NCCn1c(=O)ccn(Cc2ccncc2)c1=O. The number of aromatic nitrogens is 3. The molecule has 2 rings (SSSR count). The lowest BCUT2D eigenvalue weighted by atomic mass is 10.3. The van der Waals surface area contributed by atoms with Gasteiger partial charge in [0.05, 0.1) is 6.54 Å². The number of rotatable bonds is 4. The van der Waals surface area contributed by atoms with Gasteiger partial charge >= 0.3 is 5.69 Å². The van der Waals surface area contributed by atoms with Gasteiger partial charge in [-0.1, -0.05) is 0 Å². The Morgan fingerprint density at radius 3 is 2.56 bits per heavy atom. The van der Waals surface area contributed by atoms with Crippen LogP contribution in [0.4, 0.5) is 0 Å². The van der Waals surface area contributed by atoms with Crippen LogP contribution in [0.3, 0.4) is 0 Å². The molecule has 0 aromatic carbocycles. The third-order valence-corrected chi connectivity index (χ3v) is 2.59. The van der Waals surface area contributed by atoms with Gasteiger partial charge in [0, 0.05) is 37.7 Å². The molecule has 2 N–H and O–H groups in total. The van der Waals surface area contributed by atoms with E-state index in [9.17, 15) is 9.59 Å². The molecule has 0 fully saturated rings. The molecule has 2 aromatic heterocycles. The van der Waals surface area contributed by atoms with Crippen LogP contribution < -0.4 is 17.0 Å². The van der Waals surface area contributed by atoms with Gasteiger partial charge in [0.25, 0.3) is 5.56 Å². The summed E-state index contributed by atoms with van der Waals surface area (Å²) in [6.45, 7) is 0.898.